The minimum atomic E-state index is -4.78. The molecule has 0 saturated carbocycles. The summed E-state index contributed by atoms with van der Waals surface area (Å²) in [6.45, 7) is 0.286. The van der Waals surface area contributed by atoms with E-state index in [1.54, 1.807) is 0 Å². The third kappa shape index (κ3) is 5.56. The first-order chi connectivity index (χ1) is 14.0. The Kier molecular flexibility index (Phi) is 6.45. The number of benzene rings is 1. The third-order valence-corrected chi connectivity index (χ3v) is 5.19. The molecule has 1 aliphatic rings. The molecular formula is C17H19F3N4O5S. The quantitative estimate of drug-likeness (QED) is 0.630. The van der Waals surface area contributed by atoms with Crippen LogP contribution >= 0.6 is 0 Å². The predicted octanol–water partition coefficient (Wildman–Crippen LogP) is 1.81. The van der Waals surface area contributed by atoms with Crippen molar-refractivity contribution in [2.75, 3.05) is 18.5 Å². The van der Waals surface area contributed by atoms with Crippen molar-refractivity contribution in [2.45, 2.75) is 36.1 Å². The molecule has 164 valence electrons. The fourth-order valence-corrected chi connectivity index (χ4v) is 3.23. The first kappa shape index (κ1) is 22.2. The summed E-state index contributed by atoms with van der Waals surface area (Å²) in [4.78, 5) is 7.30. The van der Waals surface area contributed by atoms with Crippen LogP contribution in [0.3, 0.4) is 0 Å². The van der Waals surface area contributed by atoms with Crippen molar-refractivity contribution in [3.8, 4) is 5.88 Å². The number of nitrogens with two attached hydrogens (primary N) is 1. The monoisotopic (exact) mass is 448 g/mol. The first-order valence-electron chi connectivity index (χ1n) is 8.80. The van der Waals surface area contributed by atoms with E-state index in [1.165, 1.54) is 24.3 Å². The van der Waals surface area contributed by atoms with Gasteiger partial charge in [-0.1, -0.05) is 0 Å². The van der Waals surface area contributed by atoms with Crippen LogP contribution in [0.1, 0.15) is 18.4 Å². The summed E-state index contributed by atoms with van der Waals surface area (Å²) < 4.78 is 73.3. The van der Waals surface area contributed by atoms with Gasteiger partial charge in [0.2, 0.25) is 21.9 Å². The number of nitrogens with one attached hydrogen (secondary N) is 1. The number of rotatable bonds is 5. The summed E-state index contributed by atoms with van der Waals surface area (Å²) >= 11 is 0. The van der Waals surface area contributed by atoms with Gasteiger partial charge in [-0.2, -0.15) is 18.2 Å². The van der Waals surface area contributed by atoms with Gasteiger partial charge in [0.05, 0.1) is 17.6 Å². The molecule has 2 atom stereocenters. The number of nitrogens with zero attached hydrogens (tertiary/aromatic N) is 2. The number of aliphatic hydroxyl groups excluding tert-OH is 1. The van der Waals surface area contributed by atoms with Crippen molar-refractivity contribution < 1.29 is 36.2 Å². The van der Waals surface area contributed by atoms with E-state index in [0.29, 0.717) is 31.3 Å². The molecule has 0 spiro atoms. The predicted molar refractivity (Wildman–Crippen MR) is 98.6 cm³/mol. The summed E-state index contributed by atoms with van der Waals surface area (Å²) in [6, 6.07) is 5.14. The van der Waals surface area contributed by atoms with Crippen molar-refractivity contribution in [3.05, 3.63) is 36.0 Å². The van der Waals surface area contributed by atoms with Crippen molar-refractivity contribution in [1.29, 1.82) is 0 Å². The second-order valence-corrected chi connectivity index (χ2v) is 8.11. The second kappa shape index (κ2) is 8.71. The van der Waals surface area contributed by atoms with E-state index in [0.717, 1.165) is 0 Å². The normalized spacial score (nSPS) is 20.4. The van der Waals surface area contributed by atoms with Gasteiger partial charge in [-0.15, -0.1) is 0 Å². The highest BCUT2D eigenvalue weighted by Crippen LogP contribution is 2.36. The largest absolute Gasteiger partial charge is 0.469 e. The molecule has 1 aromatic carbocycles. The number of ether oxygens (including phenoxy) is 2. The number of hydrogen-bond acceptors (Lipinski definition) is 8. The topological polar surface area (TPSA) is 137 Å². The summed E-state index contributed by atoms with van der Waals surface area (Å²) in [6.07, 6.45) is -5.37. The Morgan fingerprint density at radius 1 is 1.27 bits per heavy atom. The maximum atomic E-state index is 13.4. The van der Waals surface area contributed by atoms with Crippen LogP contribution in [0.15, 0.2) is 35.4 Å². The summed E-state index contributed by atoms with van der Waals surface area (Å²) in [5.41, 5.74) is -0.889. The summed E-state index contributed by atoms with van der Waals surface area (Å²) in [5, 5.41) is 17.8. The van der Waals surface area contributed by atoms with E-state index < -0.39 is 39.9 Å². The van der Waals surface area contributed by atoms with Crippen LogP contribution in [0.2, 0.25) is 0 Å². The molecule has 2 aromatic rings. The zero-order valence-corrected chi connectivity index (χ0v) is 16.3. The average Bonchev–Trinajstić information content (AvgIpc) is 2.85. The van der Waals surface area contributed by atoms with Crippen LogP contribution in [0.5, 0.6) is 5.88 Å². The Bertz CT molecular complexity index is 986. The molecule has 0 aliphatic carbocycles. The first-order valence-corrected chi connectivity index (χ1v) is 10.4. The van der Waals surface area contributed by atoms with E-state index in [-0.39, 0.29) is 17.5 Å². The molecule has 3 rings (SSSR count). The molecule has 13 heteroatoms. The highest BCUT2D eigenvalue weighted by atomic mass is 32.2. The average molecular weight is 448 g/mol. The fraction of sp³-hybridized carbons (Fsp3) is 0.412. The fourth-order valence-electron chi connectivity index (χ4n) is 2.71. The molecule has 2 heterocycles. The van der Waals surface area contributed by atoms with Gasteiger partial charge in [0.1, 0.15) is 11.7 Å². The van der Waals surface area contributed by atoms with Gasteiger partial charge < -0.3 is 19.9 Å². The van der Waals surface area contributed by atoms with Crippen LogP contribution in [0.25, 0.3) is 0 Å². The summed E-state index contributed by atoms with van der Waals surface area (Å²) in [7, 11) is -3.89. The minimum absolute atomic E-state index is 0.0831. The Balaban J connectivity index is 1.86. The molecule has 0 radical (unpaired) electrons. The Morgan fingerprint density at radius 3 is 2.60 bits per heavy atom. The molecular weight excluding hydrogens is 429 g/mol. The Hall–Kier alpha value is -2.48. The minimum Gasteiger partial charge on any atom is -0.469 e. The van der Waals surface area contributed by atoms with Gasteiger partial charge >= 0.3 is 6.18 Å². The van der Waals surface area contributed by atoms with Crippen molar-refractivity contribution in [2.24, 2.45) is 5.14 Å². The van der Waals surface area contributed by atoms with E-state index in [9.17, 15) is 26.7 Å². The van der Waals surface area contributed by atoms with E-state index in [4.69, 9.17) is 14.6 Å². The highest BCUT2D eigenvalue weighted by molar-refractivity contribution is 7.89. The van der Waals surface area contributed by atoms with Crippen LogP contribution in [0.4, 0.5) is 24.8 Å². The number of alkyl halides is 3. The highest BCUT2D eigenvalue weighted by Gasteiger charge is 2.38. The molecule has 0 amide bonds. The van der Waals surface area contributed by atoms with Crippen molar-refractivity contribution >= 4 is 21.7 Å². The SMILES string of the molecule is NS(=O)(=O)c1ccc(Nc2ncc(C(F)(F)F)c(O[C@@H]3COCCC[C@@H]3O)n2)cc1. The lowest BCUT2D eigenvalue weighted by Gasteiger charge is -2.22. The lowest BCUT2D eigenvalue weighted by molar-refractivity contribution is -0.140. The van der Waals surface area contributed by atoms with Gasteiger partial charge in [-0.05, 0) is 37.1 Å². The number of primary sulfonamides is 1. The number of aromatic nitrogens is 2. The molecule has 0 unspecified atom stereocenters. The van der Waals surface area contributed by atoms with Crippen LogP contribution < -0.4 is 15.2 Å². The third-order valence-electron chi connectivity index (χ3n) is 4.26. The van der Waals surface area contributed by atoms with Gasteiger partial charge in [0.15, 0.2) is 0 Å². The van der Waals surface area contributed by atoms with Crippen LogP contribution in [-0.2, 0) is 20.9 Å². The lowest BCUT2D eigenvalue weighted by Crippen LogP contribution is -2.35. The molecule has 1 aromatic heterocycles. The van der Waals surface area contributed by atoms with Crippen molar-refractivity contribution in [3.63, 3.8) is 0 Å². The standard InChI is InChI=1S/C17H19F3N4O5S/c18-17(19,20)12-8-22-16(23-10-3-5-11(6-4-10)30(21,26)27)24-15(12)29-14-9-28-7-1-2-13(14)25/h3-6,8,13-14,25H,1-2,7,9H2,(H2,21,26,27)(H,22,23,24)/t13-,14+/m0/s1. The lowest BCUT2D eigenvalue weighted by atomic mass is 10.1. The van der Waals surface area contributed by atoms with Crippen molar-refractivity contribution in [1.82, 2.24) is 9.97 Å². The Labute approximate surface area is 170 Å². The van der Waals surface area contributed by atoms with Crippen LogP contribution in [-0.4, -0.2) is 48.9 Å². The zero-order valence-electron chi connectivity index (χ0n) is 15.5. The zero-order chi connectivity index (χ0) is 21.9. The number of halogens is 3. The van der Waals surface area contributed by atoms with Crippen LogP contribution in [0, 0.1) is 0 Å². The van der Waals surface area contributed by atoms with Gasteiger partial charge in [0.25, 0.3) is 0 Å². The number of sulfonamides is 1. The number of hydrogen-bond donors (Lipinski definition) is 3. The molecule has 9 nitrogen and oxygen atoms in total. The smallest absolute Gasteiger partial charge is 0.423 e. The van der Waals surface area contributed by atoms with Gasteiger partial charge in [-0.3, -0.25) is 0 Å². The van der Waals surface area contributed by atoms with Gasteiger partial charge in [-0.25, -0.2) is 18.5 Å². The Morgan fingerprint density at radius 2 is 1.97 bits per heavy atom. The molecule has 1 saturated heterocycles. The molecule has 30 heavy (non-hydrogen) atoms. The maximum Gasteiger partial charge on any atom is 0.423 e. The molecule has 0 bridgehead atoms. The second-order valence-electron chi connectivity index (χ2n) is 6.55. The number of aliphatic hydroxyl groups is 1. The molecule has 4 N–H and O–H groups in total. The van der Waals surface area contributed by atoms with E-state index in [1.807, 2.05) is 0 Å². The molecule has 1 aliphatic heterocycles. The van der Waals surface area contributed by atoms with Gasteiger partial charge in [0, 0.05) is 18.5 Å². The van der Waals surface area contributed by atoms with E-state index in [2.05, 4.69) is 15.3 Å². The van der Waals surface area contributed by atoms with E-state index >= 15 is 0 Å². The maximum absolute atomic E-state index is 13.4. The summed E-state index contributed by atoms with van der Waals surface area (Å²) in [5.74, 6) is -0.971. The molecule has 1 fully saturated rings. The number of anilines is 2.